The Morgan fingerprint density at radius 3 is 1.78 bits per heavy atom. The van der Waals surface area contributed by atoms with Gasteiger partial charge in [0.15, 0.2) is 0 Å². The molecule has 0 spiro atoms. The maximum atomic E-state index is 8.26. The van der Waals surface area contributed by atoms with E-state index < -0.39 is 0 Å². The molecule has 3 heteroatoms. The molecule has 0 amide bonds. The van der Waals surface area contributed by atoms with Crippen LogP contribution in [0.4, 0.5) is 5.69 Å². The molecule has 1 aromatic carbocycles. The summed E-state index contributed by atoms with van der Waals surface area (Å²) in [5, 5.41) is 0. The third-order valence-electron chi connectivity index (χ3n) is 0.774. The normalized spacial score (nSPS) is 7.11. The standard InChI is InChI=1S/C6H6N.Mo.O/c7-6-4-2-1-3-5-6;;/h1-5,7H;;/q-1;;. The van der Waals surface area contributed by atoms with Crippen LogP contribution in [0.3, 0.4) is 0 Å². The van der Waals surface area contributed by atoms with E-state index in [0.717, 1.165) is 0 Å². The van der Waals surface area contributed by atoms with Crippen molar-refractivity contribution in [2.75, 3.05) is 0 Å². The van der Waals surface area contributed by atoms with E-state index in [2.05, 4.69) is 0 Å². The Balaban J connectivity index is 0.000000291. The van der Waals surface area contributed by atoms with Gasteiger partial charge in [-0.15, -0.1) is 5.69 Å². The minimum atomic E-state index is 0.572. The van der Waals surface area contributed by atoms with Gasteiger partial charge in [0.05, 0.1) is 0 Å². The fraction of sp³-hybridized carbons (Fsp3) is 0. The molecule has 48 valence electrons. The number of benzene rings is 1. The van der Waals surface area contributed by atoms with Crippen LogP contribution in [0.5, 0.6) is 0 Å². The molecule has 1 aromatic rings. The molecule has 0 saturated heterocycles. The van der Waals surface area contributed by atoms with E-state index in [1.54, 1.807) is 12.1 Å². The van der Waals surface area contributed by atoms with Crippen molar-refractivity contribution in [3.05, 3.63) is 36.1 Å². The van der Waals surface area contributed by atoms with E-state index in [1.165, 1.54) is 0 Å². The van der Waals surface area contributed by atoms with Crippen molar-refractivity contribution in [1.82, 2.24) is 0 Å². The third kappa shape index (κ3) is 4.04. The first-order valence-electron chi connectivity index (χ1n) is 2.33. The average Bonchev–Trinajstić information content (AvgIpc) is 1.94. The Hall–Kier alpha value is -0.492. The van der Waals surface area contributed by atoms with Crippen LogP contribution in [0.25, 0.3) is 5.73 Å². The van der Waals surface area contributed by atoms with Crippen LogP contribution in [0.2, 0.25) is 0 Å². The molecule has 0 aliphatic heterocycles. The van der Waals surface area contributed by atoms with Gasteiger partial charge in [-0.1, -0.05) is 30.3 Å². The van der Waals surface area contributed by atoms with Crippen LogP contribution in [0.1, 0.15) is 0 Å². The van der Waals surface area contributed by atoms with Crippen molar-refractivity contribution in [3.63, 3.8) is 0 Å². The SMILES string of the molecule is [NH-]c1ccccc1.[O]=[Mo]. The zero-order valence-corrected chi connectivity index (χ0v) is 6.71. The molecular formula is C6H6MoNO-. The van der Waals surface area contributed by atoms with Crippen molar-refractivity contribution < 1.29 is 23.2 Å². The molecule has 0 aromatic heterocycles. The summed E-state index contributed by atoms with van der Waals surface area (Å²) in [6.45, 7) is 0. The molecule has 0 aliphatic carbocycles. The first-order valence-corrected chi connectivity index (χ1v) is 3.15. The van der Waals surface area contributed by atoms with Crippen LogP contribution in [-0.2, 0) is 23.2 Å². The summed E-state index contributed by atoms with van der Waals surface area (Å²) in [5.41, 5.74) is 7.57. The van der Waals surface area contributed by atoms with E-state index in [4.69, 9.17) is 9.13 Å². The molecule has 1 rings (SSSR count). The van der Waals surface area contributed by atoms with Gasteiger partial charge >= 0.3 is 23.2 Å². The third-order valence-corrected chi connectivity index (χ3v) is 0.774. The van der Waals surface area contributed by atoms with Gasteiger partial charge in [-0.2, -0.15) is 0 Å². The predicted octanol–water partition coefficient (Wildman–Crippen LogP) is 2.25. The summed E-state index contributed by atoms with van der Waals surface area (Å²) in [7, 11) is 0. The number of rotatable bonds is 0. The van der Waals surface area contributed by atoms with Crippen molar-refractivity contribution >= 4 is 5.69 Å². The maximum absolute atomic E-state index is 8.26. The average molecular weight is 204 g/mol. The quantitative estimate of drug-likeness (QED) is 0.597. The zero-order chi connectivity index (χ0) is 7.11. The van der Waals surface area contributed by atoms with E-state index in [0.29, 0.717) is 25.5 Å². The second kappa shape index (κ2) is 5.64. The van der Waals surface area contributed by atoms with E-state index in [-0.39, 0.29) is 0 Å². The molecule has 0 fully saturated rings. The van der Waals surface area contributed by atoms with Gasteiger partial charge in [0.2, 0.25) is 0 Å². The van der Waals surface area contributed by atoms with Gasteiger partial charge in [0.1, 0.15) is 0 Å². The van der Waals surface area contributed by atoms with E-state index in [1.807, 2.05) is 18.2 Å². The second-order valence-electron chi connectivity index (χ2n) is 1.37. The summed E-state index contributed by atoms with van der Waals surface area (Å²) in [6.07, 6.45) is 0. The molecule has 0 unspecified atom stereocenters. The van der Waals surface area contributed by atoms with Gasteiger partial charge in [-0.05, 0) is 0 Å². The van der Waals surface area contributed by atoms with Gasteiger partial charge < -0.3 is 5.73 Å². The summed E-state index contributed by atoms with van der Waals surface area (Å²) < 4.78 is 8.26. The van der Waals surface area contributed by atoms with E-state index >= 15 is 0 Å². The Morgan fingerprint density at radius 1 is 1.11 bits per heavy atom. The molecule has 2 nitrogen and oxygen atoms in total. The molecular weight excluding hydrogens is 198 g/mol. The molecule has 0 aliphatic rings. The fourth-order valence-corrected chi connectivity index (χ4v) is 0.438. The van der Waals surface area contributed by atoms with Crippen LogP contribution in [0, 0.1) is 0 Å². The zero-order valence-electron chi connectivity index (χ0n) is 4.70. The molecule has 9 heavy (non-hydrogen) atoms. The topological polar surface area (TPSA) is 40.9 Å². The number of nitrogens with one attached hydrogen (secondary N) is 1. The molecule has 0 atom stereocenters. The first-order chi connectivity index (χ1) is 4.39. The monoisotopic (exact) mass is 206 g/mol. The van der Waals surface area contributed by atoms with Gasteiger partial charge in [-0.25, -0.2) is 0 Å². The Bertz CT molecular complexity index is 154. The Kier molecular flexibility index (Phi) is 5.33. The molecule has 0 saturated carbocycles. The van der Waals surface area contributed by atoms with Crippen LogP contribution < -0.4 is 0 Å². The Morgan fingerprint density at radius 2 is 1.56 bits per heavy atom. The predicted molar refractivity (Wildman–Crippen MR) is 31.1 cm³/mol. The van der Waals surface area contributed by atoms with E-state index in [9.17, 15) is 0 Å². The van der Waals surface area contributed by atoms with Crippen LogP contribution >= 0.6 is 0 Å². The summed E-state index contributed by atoms with van der Waals surface area (Å²) in [6, 6.07) is 9.10. The molecule has 0 radical (unpaired) electrons. The molecule has 0 heterocycles. The van der Waals surface area contributed by atoms with Gasteiger partial charge in [-0.3, -0.25) is 0 Å². The van der Waals surface area contributed by atoms with Crippen LogP contribution in [0.15, 0.2) is 30.3 Å². The van der Waals surface area contributed by atoms with Crippen molar-refractivity contribution in [2.45, 2.75) is 0 Å². The van der Waals surface area contributed by atoms with Gasteiger partial charge in [0.25, 0.3) is 0 Å². The minimum absolute atomic E-state index is 0.572. The van der Waals surface area contributed by atoms with Crippen molar-refractivity contribution in [3.8, 4) is 0 Å². The fourth-order valence-electron chi connectivity index (χ4n) is 0.438. The van der Waals surface area contributed by atoms with Gasteiger partial charge in [0, 0.05) is 0 Å². The van der Waals surface area contributed by atoms with Crippen molar-refractivity contribution in [1.29, 1.82) is 0 Å². The molecule has 0 bridgehead atoms. The molecule has 1 N–H and O–H groups in total. The first kappa shape index (κ1) is 8.51. The Labute approximate surface area is 65.3 Å². The number of hydrogen-bond acceptors (Lipinski definition) is 1. The summed E-state index contributed by atoms with van der Waals surface area (Å²) >= 11 is 0.700. The van der Waals surface area contributed by atoms with Crippen LogP contribution in [-0.4, -0.2) is 0 Å². The summed E-state index contributed by atoms with van der Waals surface area (Å²) in [5.74, 6) is 0. The summed E-state index contributed by atoms with van der Waals surface area (Å²) in [4.78, 5) is 0. The van der Waals surface area contributed by atoms with Crippen molar-refractivity contribution in [2.24, 2.45) is 0 Å². The second-order valence-corrected chi connectivity index (χ2v) is 1.37. The number of hydrogen-bond donors (Lipinski definition) is 0.